The first-order valence-electron chi connectivity index (χ1n) is 6.72. The summed E-state index contributed by atoms with van der Waals surface area (Å²) < 4.78 is 19.3. The van der Waals surface area contributed by atoms with Gasteiger partial charge in [0, 0.05) is 11.6 Å². The predicted molar refractivity (Wildman–Crippen MR) is 79.4 cm³/mol. The van der Waals surface area contributed by atoms with Gasteiger partial charge in [0.1, 0.15) is 18.2 Å². The molecule has 4 heteroatoms. The fraction of sp³-hybridized carbons (Fsp3) is 0.235. The molecule has 0 bridgehead atoms. The van der Waals surface area contributed by atoms with Gasteiger partial charge in [-0.05, 0) is 49.9 Å². The van der Waals surface area contributed by atoms with Crippen LogP contribution in [0, 0.1) is 17.1 Å². The molecule has 0 aromatic heterocycles. The second kappa shape index (κ2) is 6.87. The molecule has 1 N–H and O–H groups in total. The van der Waals surface area contributed by atoms with Crippen molar-refractivity contribution in [3.63, 3.8) is 0 Å². The van der Waals surface area contributed by atoms with Gasteiger partial charge in [0.25, 0.3) is 0 Å². The van der Waals surface area contributed by atoms with Crippen molar-refractivity contribution < 1.29 is 9.13 Å². The van der Waals surface area contributed by atoms with E-state index in [0.717, 1.165) is 5.56 Å². The van der Waals surface area contributed by atoms with E-state index in [9.17, 15) is 4.39 Å². The number of nitrogens with one attached hydrogen (secondary N) is 1. The molecule has 21 heavy (non-hydrogen) atoms. The summed E-state index contributed by atoms with van der Waals surface area (Å²) >= 11 is 0. The monoisotopic (exact) mass is 284 g/mol. The molecule has 108 valence electrons. The summed E-state index contributed by atoms with van der Waals surface area (Å²) in [5.41, 5.74) is 1.90. The van der Waals surface area contributed by atoms with Gasteiger partial charge in [0.05, 0.1) is 11.6 Å². The van der Waals surface area contributed by atoms with Crippen LogP contribution in [0.3, 0.4) is 0 Å². The number of halogens is 1. The Balaban J connectivity index is 2.12. The highest BCUT2D eigenvalue weighted by Crippen LogP contribution is 2.20. The molecule has 0 amide bonds. The standard InChI is InChI=1S/C17H17FN2O/c1-12(20-2)14-4-3-5-16(9-14)21-11-15-8-13(10-19)6-7-17(15)18/h3-9,12,20H,11H2,1-2H3. The molecule has 0 saturated carbocycles. The van der Waals surface area contributed by atoms with E-state index in [4.69, 9.17) is 10.00 Å². The van der Waals surface area contributed by atoms with E-state index < -0.39 is 0 Å². The van der Waals surface area contributed by atoms with Crippen molar-refractivity contribution in [3.05, 3.63) is 65.0 Å². The number of nitriles is 1. The van der Waals surface area contributed by atoms with Crippen LogP contribution in [-0.2, 0) is 6.61 Å². The molecule has 0 saturated heterocycles. The number of hydrogen-bond donors (Lipinski definition) is 1. The Morgan fingerprint density at radius 3 is 2.81 bits per heavy atom. The third kappa shape index (κ3) is 3.80. The molecule has 2 rings (SSSR count). The lowest BCUT2D eigenvalue weighted by Crippen LogP contribution is -2.12. The van der Waals surface area contributed by atoms with E-state index in [1.807, 2.05) is 37.4 Å². The second-order valence-corrected chi connectivity index (χ2v) is 4.79. The zero-order valence-corrected chi connectivity index (χ0v) is 12.1. The zero-order chi connectivity index (χ0) is 15.2. The maximum atomic E-state index is 13.7. The summed E-state index contributed by atoms with van der Waals surface area (Å²) in [4.78, 5) is 0. The Morgan fingerprint density at radius 2 is 2.10 bits per heavy atom. The SMILES string of the molecule is CNC(C)c1cccc(OCc2cc(C#N)ccc2F)c1. The van der Waals surface area contributed by atoms with Crippen molar-refractivity contribution in [2.45, 2.75) is 19.6 Å². The van der Waals surface area contributed by atoms with E-state index in [0.29, 0.717) is 16.9 Å². The molecule has 2 aromatic rings. The maximum absolute atomic E-state index is 13.7. The highest BCUT2D eigenvalue weighted by Gasteiger charge is 2.07. The normalized spacial score (nSPS) is 11.7. The first-order valence-corrected chi connectivity index (χ1v) is 6.72. The van der Waals surface area contributed by atoms with Crippen molar-refractivity contribution in [3.8, 4) is 11.8 Å². The van der Waals surface area contributed by atoms with Crippen LogP contribution in [0.15, 0.2) is 42.5 Å². The van der Waals surface area contributed by atoms with Gasteiger partial charge in [-0.3, -0.25) is 0 Å². The number of nitrogens with zero attached hydrogens (tertiary/aromatic N) is 1. The molecule has 0 aliphatic heterocycles. The Kier molecular flexibility index (Phi) is 4.91. The lowest BCUT2D eigenvalue weighted by Gasteiger charge is -2.13. The van der Waals surface area contributed by atoms with Gasteiger partial charge in [-0.2, -0.15) is 5.26 Å². The van der Waals surface area contributed by atoms with Crippen LogP contribution < -0.4 is 10.1 Å². The van der Waals surface area contributed by atoms with Crippen LogP contribution in [-0.4, -0.2) is 7.05 Å². The van der Waals surface area contributed by atoms with Crippen molar-refractivity contribution in [1.82, 2.24) is 5.32 Å². The van der Waals surface area contributed by atoms with E-state index in [1.54, 1.807) is 0 Å². The Hall–Kier alpha value is -2.38. The van der Waals surface area contributed by atoms with Crippen LogP contribution in [0.2, 0.25) is 0 Å². The number of rotatable bonds is 5. The minimum absolute atomic E-state index is 0.0960. The summed E-state index contributed by atoms with van der Waals surface area (Å²) in [6.07, 6.45) is 0. The van der Waals surface area contributed by atoms with Gasteiger partial charge in [0.2, 0.25) is 0 Å². The van der Waals surface area contributed by atoms with Gasteiger partial charge in [-0.15, -0.1) is 0 Å². The lowest BCUT2D eigenvalue weighted by atomic mass is 10.1. The maximum Gasteiger partial charge on any atom is 0.129 e. The van der Waals surface area contributed by atoms with Gasteiger partial charge in [-0.1, -0.05) is 12.1 Å². The molecular weight excluding hydrogens is 267 g/mol. The molecule has 0 spiro atoms. The van der Waals surface area contributed by atoms with Crippen molar-refractivity contribution in [2.24, 2.45) is 0 Å². The predicted octanol–water partition coefficient (Wildman–Crippen LogP) is 3.56. The lowest BCUT2D eigenvalue weighted by molar-refractivity contribution is 0.299. The third-order valence-corrected chi connectivity index (χ3v) is 3.36. The Labute approximate surface area is 124 Å². The molecular formula is C17H17FN2O. The molecule has 0 fully saturated rings. The highest BCUT2D eigenvalue weighted by atomic mass is 19.1. The minimum atomic E-state index is -0.367. The third-order valence-electron chi connectivity index (χ3n) is 3.36. The van der Waals surface area contributed by atoms with Crippen molar-refractivity contribution in [2.75, 3.05) is 7.05 Å². The van der Waals surface area contributed by atoms with E-state index in [-0.39, 0.29) is 18.5 Å². The Bertz CT molecular complexity index is 664. The average molecular weight is 284 g/mol. The summed E-state index contributed by atoms with van der Waals surface area (Å²) in [5.74, 6) is 0.310. The molecule has 1 atom stereocenters. The second-order valence-electron chi connectivity index (χ2n) is 4.79. The number of hydrogen-bond acceptors (Lipinski definition) is 3. The summed E-state index contributed by atoms with van der Waals surface area (Å²) in [5, 5.41) is 12.0. The molecule has 1 unspecified atom stereocenters. The van der Waals surface area contributed by atoms with Crippen molar-refractivity contribution >= 4 is 0 Å². The first kappa shape index (κ1) is 15.0. The summed E-state index contributed by atoms with van der Waals surface area (Å²) in [6, 6.07) is 14.1. The van der Waals surface area contributed by atoms with E-state index in [2.05, 4.69) is 12.2 Å². The van der Waals surface area contributed by atoms with Crippen LogP contribution >= 0.6 is 0 Å². The summed E-state index contributed by atoms with van der Waals surface area (Å²) in [6.45, 7) is 2.15. The van der Waals surface area contributed by atoms with Crippen LogP contribution in [0.25, 0.3) is 0 Å². The number of ether oxygens (including phenoxy) is 1. The topological polar surface area (TPSA) is 45.0 Å². The first-order chi connectivity index (χ1) is 10.1. The summed E-state index contributed by atoms with van der Waals surface area (Å²) in [7, 11) is 1.89. The van der Waals surface area contributed by atoms with E-state index >= 15 is 0 Å². The minimum Gasteiger partial charge on any atom is -0.489 e. The quantitative estimate of drug-likeness (QED) is 0.913. The van der Waals surface area contributed by atoms with Crippen LogP contribution in [0.5, 0.6) is 5.75 Å². The van der Waals surface area contributed by atoms with Crippen LogP contribution in [0.4, 0.5) is 4.39 Å². The van der Waals surface area contributed by atoms with E-state index in [1.165, 1.54) is 18.2 Å². The smallest absolute Gasteiger partial charge is 0.129 e. The van der Waals surface area contributed by atoms with Crippen LogP contribution in [0.1, 0.15) is 29.7 Å². The highest BCUT2D eigenvalue weighted by molar-refractivity contribution is 5.34. The van der Waals surface area contributed by atoms with Gasteiger partial charge in [-0.25, -0.2) is 4.39 Å². The van der Waals surface area contributed by atoms with Gasteiger partial charge >= 0.3 is 0 Å². The molecule has 0 radical (unpaired) electrons. The average Bonchev–Trinajstić information content (AvgIpc) is 2.53. The fourth-order valence-corrected chi connectivity index (χ4v) is 1.96. The molecule has 3 nitrogen and oxygen atoms in total. The molecule has 2 aromatic carbocycles. The van der Waals surface area contributed by atoms with Crippen molar-refractivity contribution in [1.29, 1.82) is 5.26 Å². The fourth-order valence-electron chi connectivity index (χ4n) is 1.96. The molecule has 0 heterocycles. The zero-order valence-electron chi connectivity index (χ0n) is 12.1. The number of benzene rings is 2. The Morgan fingerprint density at radius 1 is 1.29 bits per heavy atom. The largest absolute Gasteiger partial charge is 0.489 e. The van der Waals surface area contributed by atoms with Gasteiger partial charge in [0.15, 0.2) is 0 Å². The van der Waals surface area contributed by atoms with Gasteiger partial charge < -0.3 is 10.1 Å². The molecule has 0 aliphatic carbocycles. The molecule has 0 aliphatic rings.